The Morgan fingerprint density at radius 1 is 1.69 bits per heavy atom. The van der Waals surface area contributed by atoms with E-state index in [0.717, 1.165) is 0 Å². The first-order valence-electron chi connectivity index (χ1n) is 4.87. The number of hydrogen-bond acceptors (Lipinski definition) is 4. The van der Waals surface area contributed by atoms with Gasteiger partial charge < -0.3 is 4.79 Å². The topological polar surface area (TPSA) is 82.1 Å². The van der Waals surface area contributed by atoms with E-state index in [2.05, 4.69) is 10.5 Å². The van der Waals surface area contributed by atoms with Crippen molar-refractivity contribution in [2.24, 2.45) is 5.10 Å². The van der Waals surface area contributed by atoms with Crippen LogP contribution in [0.2, 0.25) is 0 Å². The van der Waals surface area contributed by atoms with Crippen LogP contribution in [0.1, 0.15) is 19.8 Å². The van der Waals surface area contributed by atoms with Crippen molar-refractivity contribution in [3.8, 4) is 0 Å². The Hall–Kier alpha value is -1.92. The molecule has 7 nitrogen and oxygen atoms in total. The van der Waals surface area contributed by atoms with Crippen molar-refractivity contribution < 1.29 is 14.4 Å². The monoisotopic (exact) mass is 226 g/mol. The molecule has 16 heavy (non-hydrogen) atoms. The van der Waals surface area contributed by atoms with E-state index >= 15 is 0 Å². The van der Waals surface area contributed by atoms with Gasteiger partial charge in [-0.05, 0) is 6.92 Å². The lowest BCUT2D eigenvalue weighted by molar-refractivity contribution is -0.141. The van der Waals surface area contributed by atoms with Gasteiger partial charge in [-0.3, -0.25) is 9.80 Å². The summed E-state index contributed by atoms with van der Waals surface area (Å²) in [5.74, 6) is -0.281. The predicted molar refractivity (Wildman–Crippen MR) is 56.4 cm³/mol. The van der Waals surface area contributed by atoms with Gasteiger partial charge in [0.05, 0.1) is 12.3 Å². The quantitative estimate of drug-likeness (QED) is 0.670. The van der Waals surface area contributed by atoms with Crippen LogP contribution in [0.25, 0.3) is 0 Å². The molecule has 0 saturated heterocycles. The highest BCUT2D eigenvalue weighted by molar-refractivity contribution is 5.92. The third-order valence-corrected chi connectivity index (χ3v) is 2.15. The van der Waals surface area contributed by atoms with Crippen molar-refractivity contribution in [1.29, 1.82) is 0 Å². The van der Waals surface area contributed by atoms with E-state index in [1.807, 2.05) is 0 Å². The molecule has 7 heteroatoms. The Labute approximate surface area is 93.0 Å². The molecule has 0 aromatic heterocycles. The van der Waals surface area contributed by atoms with Crippen molar-refractivity contribution in [3.05, 3.63) is 0 Å². The molecule has 0 spiro atoms. The number of amides is 3. The van der Waals surface area contributed by atoms with Gasteiger partial charge in [-0.2, -0.15) is 5.10 Å². The van der Waals surface area contributed by atoms with Crippen LogP contribution in [0.3, 0.4) is 0 Å². The zero-order valence-corrected chi connectivity index (χ0v) is 9.27. The van der Waals surface area contributed by atoms with E-state index in [1.54, 1.807) is 6.92 Å². The lowest BCUT2D eigenvalue weighted by atomic mass is 10.3. The number of urea groups is 1. The molecular weight excluding hydrogens is 212 g/mol. The molecule has 0 saturated carbocycles. The Kier molecular flexibility index (Phi) is 3.98. The zero-order valence-electron chi connectivity index (χ0n) is 9.27. The summed E-state index contributed by atoms with van der Waals surface area (Å²) in [6, 6.07) is -0.451. The molecule has 1 rings (SSSR count). The Morgan fingerprint density at radius 2 is 2.38 bits per heavy atom. The first-order chi connectivity index (χ1) is 7.56. The third kappa shape index (κ3) is 2.78. The number of hydrazine groups is 1. The van der Waals surface area contributed by atoms with E-state index in [9.17, 15) is 14.4 Å². The van der Waals surface area contributed by atoms with Gasteiger partial charge in [-0.1, -0.05) is 0 Å². The van der Waals surface area contributed by atoms with Crippen molar-refractivity contribution in [2.75, 3.05) is 13.6 Å². The van der Waals surface area contributed by atoms with Crippen LogP contribution in [-0.2, 0) is 9.59 Å². The number of rotatable bonds is 4. The number of aldehydes is 1. The second kappa shape index (κ2) is 5.24. The lowest BCUT2D eigenvalue weighted by Crippen LogP contribution is -2.54. The van der Waals surface area contributed by atoms with Crippen LogP contribution in [0.5, 0.6) is 0 Å². The SMILES string of the molecule is CC1=NNC(=O)N(N(C)C(=O)CCC=O)C1. The molecule has 3 amide bonds. The third-order valence-electron chi connectivity index (χ3n) is 2.15. The summed E-state index contributed by atoms with van der Waals surface area (Å²) < 4.78 is 0. The minimum Gasteiger partial charge on any atom is -0.303 e. The summed E-state index contributed by atoms with van der Waals surface area (Å²) >= 11 is 0. The normalized spacial score (nSPS) is 15.2. The van der Waals surface area contributed by atoms with Gasteiger partial charge in [0.1, 0.15) is 6.29 Å². The number of carbonyl (C=O) groups excluding carboxylic acids is 3. The highest BCUT2D eigenvalue weighted by atomic mass is 16.2. The standard InChI is InChI=1S/C9H14N4O3/c1-7-6-13(9(16)11-10-7)12(2)8(15)4-3-5-14/h5H,3-4,6H2,1-2H3,(H,11,16). The summed E-state index contributed by atoms with van der Waals surface area (Å²) in [5, 5.41) is 6.20. The van der Waals surface area contributed by atoms with Gasteiger partial charge in [0, 0.05) is 19.9 Å². The molecule has 1 aliphatic heterocycles. The molecule has 88 valence electrons. The molecule has 0 fully saturated rings. The minimum atomic E-state index is -0.451. The van der Waals surface area contributed by atoms with Crippen molar-refractivity contribution in [2.45, 2.75) is 19.8 Å². The van der Waals surface area contributed by atoms with Crippen molar-refractivity contribution in [3.63, 3.8) is 0 Å². The number of carbonyl (C=O) groups is 3. The van der Waals surface area contributed by atoms with E-state index < -0.39 is 6.03 Å². The maximum Gasteiger partial charge on any atom is 0.357 e. The van der Waals surface area contributed by atoms with Crippen LogP contribution >= 0.6 is 0 Å². The highest BCUT2D eigenvalue weighted by Crippen LogP contribution is 2.04. The number of nitrogens with zero attached hydrogens (tertiary/aromatic N) is 3. The smallest absolute Gasteiger partial charge is 0.303 e. The highest BCUT2D eigenvalue weighted by Gasteiger charge is 2.25. The zero-order chi connectivity index (χ0) is 12.1. The average molecular weight is 226 g/mol. The first-order valence-corrected chi connectivity index (χ1v) is 4.87. The van der Waals surface area contributed by atoms with Gasteiger partial charge in [-0.15, -0.1) is 0 Å². The molecule has 1 aliphatic rings. The Bertz CT molecular complexity index is 340. The molecule has 0 bridgehead atoms. The van der Waals surface area contributed by atoms with E-state index in [0.29, 0.717) is 12.0 Å². The molecule has 0 radical (unpaired) electrons. The lowest BCUT2D eigenvalue weighted by Gasteiger charge is -2.33. The minimum absolute atomic E-state index is 0.0972. The Morgan fingerprint density at radius 3 is 3.00 bits per heavy atom. The molecule has 1 heterocycles. The molecule has 0 aromatic rings. The van der Waals surface area contributed by atoms with Gasteiger partial charge in [0.25, 0.3) is 0 Å². The number of hydrazone groups is 1. The fourth-order valence-corrected chi connectivity index (χ4v) is 1.25. The molecule has 0 atom stereocenters. The Balaban J connectivity index is 2.62. The number of hydrogen-bond donors (Lipinski definition) is 1. The van der Waals surface area contributed by atoms with Crippen LogP contribution < -0.4 is 5.43 Å². The van der Waals surface area contributed by atoms with Gasteiger partial charge in [-0.25, -0.2) is 15.2 Å². The fourth-order valence-electron chi connectivity index (χ4n) is 1.25. The summed E-state index contributed by atoms with van der Waals surface area (Å²) in [6.07, 6.45) is 0.931. The maximum atomic E-state index is 11.6. The van der Waals surface area contributed by atoms with Crippen LogP contribution in [-0.4, -0.2) is 47.5 Å². The van der Waals surface area contributed by atoms with E-state index in [1.165, 1.54) is 17.1 Å². The predicted octanol–water partition coefficient (Wildman–Crippen LogP) is -0.260. The van der Waals surface area contributed by atoms with Crippen LogP contribution in [0.15, 0.2) is 5.10 Å². The average Bonchev–Trinajstić information content (AvgIpc) is 2.28. The van der Waals surface area contributed by atoms with Gasteiger partial charge >= 0.3 is 6.03 Å². The molecular formula is C9H14N4O3. The number of nitrogens with one attached hydrogen (secondary N) is 1. The van der Waals surface area contributed by atoms with Crippen molar-refractivity contribution >= 4 is 23.9 Å². The summed E-state index contributed by atoms with van der Waals surface area (Å²) in [7, 11) is 1.49. The molecule has 0 unspecified atom stereocenters. The summed E-state index contributed by atoms with van der Waals surface area (Å²) in [5.41, 5.74) is 2.99. The first kappa shape index (κ1) is 12.2. The second-order valence-electron chi connectivity index (χ2n) is 3.44. The molecule has 1 N–H and O–H groups in total. The largest absolute Gasteiger partial charge is 0.357 e. The summed E-state index contributed by atoms with van der Waals surface area (Å²) in [4.78, 5) is 33.1. The van der Waals surface area contributed by atoms with Gasteiger partial charge in [0.2, 0.25) is 5.91 Å². The van der Waals surface area contributed by atoms with E-state index in [-0.39, 0.29) is 25.3 Å². The maximum absolute atomic E-state index is 11.6. The van der Waals surface area contributed by atoms with Crippen LogP contribution in [0, 0.1) is 0 Å². The summed E-state index contributed by atoms with van der Waals surface area (Å²) in [6.45, 7) is 2.02. The van der Waals surface area contributed by atoms with Crippen LogP contribution in [0.4, 0.5) is 4.79 Å². The van der Waals surface area contributed by atoms with Gasteiger partial charge in [0.15, 0.2) is 0 Å². The molecule has 0 aliphatic carbocycles. The second-order valence-corrected chi connectivity index (χ2v) is 3.44. The van der Waals surface area contributed by atoms with E-state index in [4.69, 9.17) is 0 Å². The molecule has 0 aromatic carbocycles. The van der Waals surface area contributed by atoms with Crippen molar-refractivity contribution in [1.82, 2.24) is 15.4 Å². The fraction of sp³-hybridized carbons (Fsp3) is 0.556.